The van der Waals surface area contributed by atoms with Crippen molar-refractivity contribution < 1.29 is 14.3 Å². The Kier molecular flexibility index (Phi) is 7.41. The minimum Gasteiger partial charge on any atom is -0.481 e. The van der Waals surface area contributed by atoms with Crippen LogP contribution in [0.2, 0.25) is 0 Å². The largest absolute Gasteiger partial charge is 0.481 e. The van der Waals surface area contributed by atoms with E-state index in [-0.39, 0.29) is 17.9 Å². The van der Waals surface area contributed by atoms with Crippen LogP contribution in [0.1, 0.15) is 49.5 Å². The van der Waals surface area contributed by atoms with E-state index in [0.717, 1.165) is 12.0 Å². The molecule has 144 valence electrons. The molecule has 0 aromatic heterocycles. The molecule has 2 N–H and O–H groups in total. The van der Waals surface area contributed by atoms with Crippen LogP contribution >= 0.6 is 0 Å². The van der Waals surface area contributed by atoms with Crippen LogP contribution in [0.25, 0.3) is 0 Å². The number of carbonyl (C=O) groups excluding carboxylic acids is 2. The molecule has 0 fully saturated rings. The van der Waals surface area contributed by atoms with Gasteiger partial charge >= 0.3 is 0 Å². The second kappa shape index (κ2) is 9.76. The minimum atomic E-state index is -0.582. The third-order valence-corrected chi connectivity index (χ3v) is 4.37. The van der Waals surface area contributed by atoms with Gasteiger partial charge in [0.25, 0.3) is 11.8 Å². The number of hydrogen-bond donors (Lipinski definition) is 2. The van der Waals surface area contributed by atoms with Crippen molar-refractivity contribution >= 4 is 17.5 Å². The zero-order valence-corrected chi connectivity index (χ0v) is 16.4. The number of ether oxygens (including phenoxy) is 1. The molecule has 0 radical (unpaired) electrons. The van der Waals surface area contributed by atoms with Gasteiger partial charge in [-0.3, -0.25) is 9.59 Å². The Hall–Kier alpha value is -2.82. The Morgan fingerprint density at radius 3 is 2.15 bits per heavy atom. The molecule has 0 spiro atoms. The SMILES string of the molecule is CCC(C)NC(=O)c1ccc(NC(=O)C(CC)Oc2ccc(C)cc2)cc1. The number of rotatable bonds is 8. The number of hydrogen-bond acceptors (Lipinski definition) is 3. The molecule has 5 nitrogen and oxygen atoms in total. The van der Waals surface area contributed by atoms with Crippen LogP contribution < -0.4 is 15.4 Å². The third-order valence-electron chi connectivity index (χ3n) is 4.37. The van der Waals surface area contributed by atoms with E-state index in [4.69, 9.17) is 4.74 Å². The normalized spacial score (nSPS) is 12.7. The van der Waals surface area contributed by atoms with Crippen LogP contribution in [0.4, 0.5) is 5.69 Å². The highest BCUT2D eigenvalue weighted by atomic mass is 16.5. The number of benzene rings is 2. The molecule has 2 amide bonds. The highest BCUT2D eigenvalue weighted by molar-refractivity contribution is 5.97. The maximum absolute atomic E-state index is 12.5. The lowest BCUT2D eigenvalue weighted by Gasteiger charge is -2.17. The molecule has 0 aliphatic heterocycles. The summed E-state index contributed by atoms with van der Waals surface area (Å²) in [4.78, 5) is 24.6. The molecule has 27 heavy (non-hydrogen) atoms. The highest BCUT2D eigenvalue weighted by Crippen LogP contribution is 2.16. The average molecular weight is 368 g/mol. The average Bonchev–Trinajstić information content (AvgIpc) is 2.67. The summed E-state index contributed by atoms with van der Waals surface area (Å²) in [5.41, 5.74) is 2.33. The van der Waals surface area contributed by atoms with E-state index in [1.54, 1.807) is 24.3 Å². The van der Waals surface area contributed by atoms with Gasteiger partial charge in [-0.1, -0.05) is 31.5 Å². The molecule has 2 rings (SSSR count). The quantitative estimate of drug-likeness (QED) is 0.729. The molecule has 2 unspecified atom stereocenters. The van der Waals surface area contributed by atoms with Crippen molar-refractivity contribution in [1.29, 1.82) is 0 Å². The van der Waals surface area contributed by atoms with Gasteiger partial charge in [-0.05, 0) is 63.1 Å². The Balaban J connectivity index is 1.97. The Bertz CT molecular complexity index is 754. The number of carbonyl (C=O) groups is 2. The zero-order chi connectivity index (χ0) is 19.8. The molecule has 2 aromatic rings. The second-order valence-electron chi connectivity index (χ2n) is 6.68. The summed E-state index contributed by atoms with van der Waals surface area (Å²) in [5, 5.41) is 5.77. The van der Waals surface area contributed by atoms with Gasteiger partial charge in [0.15, 0.2) is 6.10 Å². The fourth-order valence-electron chi connectivity index (χ4n) is 2.44. The molecule has 0 heterocycles. The van der Waals surface area contributed by atoms with Gasteiger partial charge in [0.1, 0.15) is 5.75 Å². The fraction of sp³-hybridized carbons (Fsp3) is 0.364. The molecular formula is C22H28N2O3. The van der Waals surface area contributed by atoms with E-state index >= 15 is 0 Å². The molecule has 0 saturated heterocycles. The maximum atomic E-state index is 12.5. The van der Waals surface area contributed by atoms with Crippen molar-refractivity contribution in [2.45, 2.75) is 52.7 Å². The molecule has 0 bridgehead atoms. The van der Waals surface area contributed by atoms with Crippen LogP contribution in [0.3, 0.4) is 0 Å². The summed E-state index contributed by atoms with van der Waals surface area (Å²) in [6.07, 6.45) is 0.843. The van der Waals surface area contributed by atoms with Gasteiger partial charge in [-0.15, -0.1) is 0 Å². The van der Waals surface area contributed by atoms with Gasteiger partial charge in [0.2, 0.25) is 0 Å². The summed E-state index contributed by atoms with van der Waals surface area (Å²) < 4.78 is 5.79. The Labute approximate surface area is 161 Å². The first kappa shape index (κ1) is 20.5. The second-order valence-corrected chi connectivity index (χ2v) is 6.68. The lowest BCUT2D eigenvalue weighted by molar-refractivity contribution is -0.122. The van der Waals surface area contributed by atoms with Gasteiger partial charge in [-0.2, -0.15) is 0 Å². The highest BCUT2D eigenvalue weighted by Gasteiger charge is 2.18. The lowest BCUT2D eigenvalue weighted by atomic mass is 10.1. The zero-order valence-electron chi connectivity index (χ0n) is 16.4. The number of aryl methyl sites for hydroxylation is 1. The van der Waals surface area contributed by atoms with Crippen molar-refractivity contribution in [3.05, 3.63) is 59.7 Å². The van der Waals surface area contributed by atoms with E-state index in [9.17, 15) is 9.59 Å². The summed E-state index contributed by atoms with van der Waals surface area (Å²) in [5.74, 6) is 0.339. The number of anilines is 1. The third kappa shape index (κ3) is 6.13. The molecule has 0 aliphatic carbocycles. The van der Waals surface area contributed by atoms with Crippen LogP contribution in [0.5, 0.6) is 5.75 Å². The molecule has 0 saturated carbocycles. The summed E-state index contributed by atoms with van der Waals surface area (Å²) in [7, 11) is 0. The monoisotopic (exact) mass is 368 g/mol. The standard InChI is InChI=1S/C22H28N2O3/c1-5-16(4)23-21(25)17-9-11-18(12-10-17)24-22(26)20(6-2)27-19-13-7-15(3)8-14-19/h7-14,16,20H,5-6H2,1-4H3,(H,23,25)(H,24,26). The van der Waals surface area contributed by atoms with Gasteiger partial charge in [0, 0.05) is 17.3 Å². The number of nitrogens with one attached hydrogen (secondary N) is 2. The first-order valence-electron chi connectivity index (χ1n) is 9.38. The van der Waals surface area contributed by atoms with Crippen molar-refractivity contribution in [2.24, 2.45) is 0 Å². The predicted octanol–water partition coefficient (Wildman–Crippen LogP) is 4.32. The molecule has 2 atom stereocenters. The summed E-state index contributed by atoms with van der Waals surface area (Å²) >= 11 is 0. The topological polar surface area (TPSA) is 67.4 Å². The van der Waals surface area contributed by atoms with E-state index in [0.29, 0.717) is 23.4 Å². The maximum Gasteiger partial charge on any atom is 0.265 e. The van der Waals surface area contributed by atoms with Crippen LogP contribution in [-0.2, 0) is 4.79 Å². The van der Waals surface area contributed by atoms with Crippen molar-refractivity contribution in [2.75, 3.05) is 5.32 Å². The Morgan fingerprint density at radius 1 is 0.963 bits per heavy atom. The van der Waals surface area contributed by atoms with Crippen LogP contribution in [0.15, 0.2) is 48.5 Å². The van der Waals surface area contributed by atoms with Crippen molar-refractivity contribution in [1.82, 2.24) is 5.32 Å². The van der Waals surface area contributed by atoms with Gasteiger partial charge < -0.3 is 15.4 Å². The minimum absolute atomic E-state index is 0.114. The lowest BCUT2D eigenvalue weighted by Crippen LogP contribution is -2.32. The summed E-state index contributed by atoms with van der Waals surface area (Å²) in [6, 6.07) is 14.6. The predicted molar refractivity (Wildman–Crippen MR) is 108 cm³/mol. The first-order chi connectivity index (χ1) is 12.9. The molecular weight excluding hydrogens is 340 g/mol. The van der Waals surface area contributed by atoms with Crippen molar-refractivity contribution in [3.63, 3.8) is 0 Å². The van der Waals surface area contributed by atoms with E-state index in [1.807, 2.05) is 52.0 Å². The van der Waals surface area contributed by atoms with Gasteiger partial charge in [0.05, 0.1) is 0 Å². The molecule has 2 aromatic carbocycles. The number of amides is 2. The summed E-state index contributed by atoms with van der Waals surface area (Å²) in [6.45, 7) is 7.89. The molecule has 0 aliphatic rings. The van der Waals surface area contributed by atoms with Gasteiger partial charge in [-0.25, -0.2) is 0 Å². The van der Waals surface area contributed by atoms with E-state index < -0.39 is 6.10 Å². The van der Waals surface area contributed by atoms with Crippen LogP contribution in [-0.4, -0.2) is 24.0 Å². The smallest absolute Gasteiger partial charge is 0.265 e. The fourth-order valence-corrected chi connectivity index (χ4v) is 2.44. The van der Waals surface area contributed by atoms with E-state index in [1.165, 1.54) is 0 Å². The first-order valence-corrected chi connectivity index (χ1v) is 9.38. The van der Waals surface area contributed by atoms with Crippen molar-refractivity contribution in [3.8, 4) is 5.75 Å². The molecule has 5 heteroatoms. The van der Waals surface area contributed by atoms with E-state index in [2.05, 4.69) is 10.6 Å². The van der Waals surface area contributed by atoms with Crippen LogP contribution in [0, 0.1) is 6.92 Å². The Morgan fingerprint density at radius 2 is 1.59 bits per heavy atom.